The van der Waals surface area contributed by atoms with E-state index in [1.807, 2.05) is 0 Å². The number of carboxylic acids is 1. The Hall–Kier alpha value is -2.47. The molecule has 1 aliphatic heterocycles. The molecule has 0 aliphatic carbocycles. The molecule has 1 aromatic heterocycles. The van der Waals surface area contributed by atoms with Crippen LogP contribution in [0.5, 0.6) is 0 Å². The molecule has 0 saturated carbocycles. The van der Waals surface area contributed by atoms with Gasteiger partial charge in [-0.3, -0.25) is 4.90 Å². The van der Waals surface area contributed by atoms with Crippen LogP contribution >= 0.6 is 0 Å². The summed E-state index contributed by atoms with van der Waals surface area (Å²) in [5.74, 6) is -0.451. The average molecular weight is 312 g/mol. The zero-order valence-corrected chi connectivity index (χ0v) is 12.9. The second-order valence-electron chi connectivity index (χ2n) is 5.67. The van der Waals surface area contributed by atoms with Gasteiger partial charge in [0.2, 0.25) is 0 Å². The molecule has 0 spiro atoms. The molecule has 2 aromatic rings. The number of rotatable bonds is 6. The van der Waals surface area contributed by atoms with Gasteiger partial charge in [0.15, 0.2) is 5.69 Å². The predicted octanol–water partition coefficient (Wildman–Crippen LogP) is 2.04. The Bertz CT molecular complexity index is 673. The third-order valence-electron chi connectivity index (χ3n) is 4.04. The van der Waals surface area contributed by atoms with Crippen LogP contribution in [-0.4, -0.2) is 45.6 Å². The SMILES string of the molecule is O=C(O)c1cnc(NCCCN2CCc3ccccc3C2)cn1. The van der Waals surface area contributed by atoms with Crippen LogP contribution in [0.2, 0.25) is 0 Å². The predicted molar refractivity (Wildman–Crippen MR) is 87.5 cm³/mol. The Labute approximate surface area is 135 Å². The molecule has 1 aliphatic rings. The summed E-state index contributed by atoms with van der Waals surface area (Å²) < 4.78 is 0. The highest BCUT2D eigenvalue weighted by atomic mass is 16.4. The fourth-order valence-corrected chi connectivity index (χ4v) is 2.79. The molecule has 0 saturated heterocycles. The molecule has 120 valence electrons. The summed E-state index contributed by atoms with van der Waals surface area (Å²) in [6.07, 6.45) is 4.85. The molecule has 23 heavy (non-hydrogen) atoms. The van der Waals surface area contributed by atoms with Crippen molar-refractivity contribution in [3.8, 4) is 0 Å². The lowest BCUT2D eigenvalue weighted by Crippen LogP contribution is -2.32. The number of hydrogen-bond acceptors (Lipinski definition) is 5. The van der Waals surface area contributed by atoms with E-state index in [4.69, 9.17) is 5.11 Å². The van der Waals surface area contributed by atoms with Gasteiger partial charge in [-0.25, -0.2) is 14.8 Å². The molecule has 3 rings (SSSR count). The molecular weight excluding hydrogens is 292 g/mol. The fraction of sp³-hybridized carbons (Fsp3) is 0.353. The lowest BCUT2D eigenvalue weighted by molar-refractivity contribution is 0.0690. The summed E-state index contributed by atoms with van der Waals surface area (Å²) in [5, 5.41) is 12.0. The van der Waals surface area contributed by atoms with Gasteiger partial charge in [0.1, 0.15) is 5.82 Å². The molecule has 1 aromatic carbocycles. The van der Waals surface area contributed by atoms with Crippen molar-refractivity contribution in [1.29, 1.82) is 0 Å². The number of aromatic nitrogens is 2. The van der Waals surface area contributed by atoms with E-state index in [0.29, 0.717) is 5.82 Å². The number of anilines is 1. The van der Waals surface area contributed by atoms with Crippen LogP contribution in [0.1, 0.15) is 28.0 Å². The van der Waals surface area contributed by atoms with Gasteiger partial charge in [-0.15, -0.1) is 0 Å². The van der Waals surface area contributed by atoms with E-state index < -0.39 is 5.97 Å². The van der Waals surface area contributed by atoms with Gasteiger partial charge < -0.3 is 10.4 Å². The van der Waals surface area contributed by atoms with Crippen molar-refractivity contribution < 1.29 is 9.90 Å². The van der Waals surface area contributed by atoms with Gasteiger partial charge in [0.25, 0.3) is 0 Å². The van der Waals surface area contributed by atoms with E-state index in [2.05, 4.69) is 44.5 Å². The first-order chi connectivity index (χ1) is 11.2. The number of benzene rings is 1. The summed E-state index contributed by atoms with van der Waals surface area (Å²) in [6.45, 7) is 3.94. The second-order valence-corrected chi connectivity index (χ2v) is 5.67. The van der Waals surface area contributed by atoms with Crippen LogP contribution in [0.15, 0.2) is 36.7 Å². The maximum atomic E-state index is 10.7. The number of nitrogens with zero attached hydrogens (tertiary/aromatic N) is 3. The van der Waals surface area contributed by atoms with Gasteiger partial charge in [0.05, 0.1) is 12.4 Å². The Morgan fingerprint density at radius 3 is 2.78 bits per heavy atom. The molecule has 0 bridgehead atoms. The lowest BCUT2D eigenvalue weighted by atomic mass is 10.00. The van der Waals surface area contributed by atoms with Crippen molar-refractivity contribution in [2.45, 2.75) is 19.4 Å². The first-order valence-electron chi connectivity index (χ1n) is 7.81. The Kier molecular flexibility index (Phi) is 4.83. The Morgan fingerprint density at radius 1 is 1.22 bits per heavy atom. The zero-order valence-electron chi connectivity index (χ0n) is 12.9. The maximum Gasteiger partial charge on any atom is 0.356 e. The van der Waals surface area contributed by atoms with Crippen LogP contribution in [-0.2, 0) is 13.0 Å². The molecule has 2 N–H and O–H groups in total. The monoisotopic (exact) mass is 312 g/mol. The van der Waals surface area contributed by atoms with Gasteiger partial charge in [0, 0.05) is 26.2 Å². The average Bonchev–Trinajstić information content (AvgIpc) is 2.59. The highest BCUT2D eigenvalue weighted by Crippen LogP contribution is 2.18. The molecule has 2 heterocycles. The van der Waals surface area contributed by atoms with Gasteiger partial charge in [-0.05, 0) is 24.0 Å². The van der Waals surface area contributed by atoms with Crippen LogP contribution in [0, 0.1) is 0 Å². The number of carboxylic acid groups (broad SMARTS) is 1. The minimum Gasteiger partial charge on any atom is -0.476 e. The van der Waals surface area contributed by atoms with Crippen LogP contribution in [0.25, 0.3) is 0 Å². The van der Waals surface area contributed by atoms with E-state index in [1.54, 1.807) is 0 Å². The summed E-state index contributed by atoms with van der Waals surface area (Å²) in [6, 6.07) is 8.63. The van der Waals surface area contributed by atoms with Crippen molar-refractivity contribution in [3.63, 3.8) is 0 Å². The van der Waals surface area contributed by atoms with Gasteiger partial charge in [-0.2, -0.15) is 0 Å². The quantitative estimate of drug-likeness (QED) is 0.795. The maximum absolute atomic E-state index is 10.7. The molecule has 6 nitrogen and oxygen atoms in total. The number of fused-ring (bicyclic) bond motifs is 1. The van der Waals surface area contributed by atoms with Crippen molar-refractivity contribution in [1.82, 2.24) is 14.9 Å². The second kappa shape index (κ2) is 7.19. The Balaban J connectivity index is 1.41. The summed E-state index contributed by atoms with van der Waals surface area (Å²) in [7, 11) is 0. The highest BCUT2D eigenvalue weighted by Gasteiger charge is 2.14. The normalized spacial score (nSPS) is 14.3. The standard InChI is InChI=1S/C17H20N4O2/c22-17(23)15-10-20-16(11-19-15)18-7-3-8-21-9-6-13-4-1-2-5-14(13)12-21/h1-2,4-5,10-11H,3,6-9,12H2,(H,18,20)(H,22,23). The van der Waals surface area contributed by atoms with E-state index in [0.717, 1.165) is 39.0 Å². The molecule has 0 unspecified atom stereocenters. The fourth-order valence-electron chi connectivity index (χ4n) is 2.79. The van der Waals surface area contributed by atoms with E-state index in [9.17, 15) is 4.79 Å². The van der Waals surface area contributed by atoms with Crippen LogP contribution in [0.4, 0.5) is 5.82 Å². The number of hydrogen-bond donors (Lipinski definition) is 2. The molecule has 0 amide bonds. The number of carbonyl (C=O) groups is 1. The number of aromatic carboxylic acids is 1. The summed E-state index contributed by atoms with van der Waals surface area (Å²) >= 11 is 0. The first-order valence-corrected chi connectivity index (χ1v) is 7.81. The molecular formula is C17H20N4O2. The number of nitrogens with one attached hydrogen (secondary N) is 1. The van der Waals surface area contributed by atoms with Crippen molar-refractivity contribution >= 4 is 11.8 Å². The van der Waals surface area contributed by atoms with Crippen LogP contribution in [0.3, 0.4) is 0 Å². The minimum absolute atomic E-state index is 0.0393. The largest absolute Gasteiger partial charge is 0.476 e. The van der Waals surface area contributed by atoms with Crippen molar-refractivity contribution in [2.75, 3.05) is 25.0 Å². The van der Waals surface area contributed by atoms with E-state index in [-0.39, 0.29) is 5.69 Å². The first kappa shape index (κ1) is 15.4. The van der Waals surface area contributed by atoms with Crippen molar-refractivity contribution in [3.05, 3.63) is 53.5 Å². The van der Waals surface area contributed by atoms with Gasteiger partial charge >= 0.3 is 5.97 Å². The van der Waals surface area contributed by atoms with E-state index >= 15 is 0 Å². The molecule has 6 heteroatoms. The summed E-state index contributed by atoms with van der Waals surface area (Å²) in [4.78, 5) is 21.1. The third-order valence-corrected chi connectivity index (χ3v) is 4.04. The molecule has 0 atom stereocenters. The third kappa shape index (κ3) is 4.04. The highest BCUT2D eigenvalue weighted by molar-refractivity contribution is 5.84. The topological polar surface area (TPSA) is 78.3 Å². The van der Waals surface area contributed by atoms with Crippen molar-refractivity contribution in [2.24, 2.45) is 0 Å². The van der Waals surface area contributed by atoms with Gasteiger partial charge in [-0.1, -0.05) is 24.3 Å². The molecule has 0 radical (unpaired) electrons. The Morgan fingerprint density at radius 2 is 2.04 bits per heavy atom. The zero-order chi connectivity index (χ0) is 16.1. The smallest absolute Gasteiger partial charge is 0.356 e. The summed E-state index contributed by atoms with van der Waals surface area (Å²) in [5.41, 5.74) is 2.86. The van der Waals surface area contributed by atoms with Crippen LogP contribution < -0.4 is 5.32 Å². The minimum atomic E-state index is -1.06. The molecule has 0 fully saturated rings. The lowest BCUT2D eigenvalue weighted by Gasteiger charge is -2.28. The van der Waals surface area contributed by atoms with E-state index in [1.165, 1.54) is 23.5 Å².